The van der Waals surface area contributed by atoms with Crippen LogP contribution >= 0.6 is 11.3 Å². The topological polar surface area (TPSA) is 29.3 Å². The monoisotopic (exact) mass is 710 g/mol. The van der Waals surface area contributed by atoms with Crippen LogP contribution in [0.15, 0.2) is 174 Å². The van der Waals surface area contributed by atoms with Gasteiger partial charge in [-0.15, -0.1) is 11.3 Å². The van der Waals surface area contributed by atoms with Crippen LogP contribution in [0.3, 0.4) is 0 Å². The van der Waals surface area contributed by atoms with Crippen molar-refractivity contribution in [2.24, 2.45) is 0 Å². The molecule has 54 heavy (non-hydrogen) atoms. The summed E-state index contributed by atoms with van der Waals surface area (Å²) in [6.45, 7) is 4.68. The third-order valence-electron chi connectivity index (χ3n) is 11.3. The molecule has 4 heteroatoms. The summed E-state index contributed by atoms with van der Waals surface area (Å²) in [6.07, 6.45) is 0. The lowest BCUT2D eigenvalue weighted by Gasteiger charge is -2.27. The zero-order valence-electron chi connectivity index (χ0n) is 29.9. The molecule has 2 aromatic heterocycles. The zero-order valence-corrected chi connectivity index (χ0v) is 30.7. The van der Waals surface area contributed by atoms with Gasteiger partial charge in [-0.2, -0.15) is 0 Å². The van der Waals surface area contributed by atoms with E-state index in [2.05, 4.69) is 158 Å². The molecule has 0 spiro atoms. The van der Waals surface area contributed by atoms with E-state index in [9.17, 15) is 0 Å². The van der Waals surface area contributed by atoms with Gasteiger partial charge < -0.3 is 9.32 Å². The maximum atomic E-state index is 6.33. The quantitative estimate of drug-likeness (QED) is 0.178. The molecule has 256 valence electrons. The van der Waals surface area contributed by atoms with E-state index in [0.29, 0.717) is 5.89 Å². The fourth-order valence-electron chi connectivity index (χ4n) is 8.55. The van der Waals surface area contributed by atoms with E-state index in [1.54, 1.807) is 0 Å². The Balaban J connectivity index is 1.01. The Morgan fingerprint density at radius 1 is 0.500 bits per heavy atom. The Labute approximate surface area is 317 Å². The van der Waals surface area contributed by atoms with Crippen molar-refractivity contribution in [1.82, 2.24) is 4.98 Å². The van der Waals surface area contributed by atoms with Crippen LogP contribution in [-0.4, -0.2) is 4.98 Å². The van der Waals surface area contributed by atoms with E-state index < -0.39 is 0 Å². The average molecular weight is 711 g/mol. The SMILES string of the molecule is CC1(C)c2ccccc2-c2cc(N(c3ccc(-c4ccc5c(ccc6nc(-c7ccccc7)oc65)c4)cc3)c3ccc4c(c3)sc3ccccc34)ccc21. The van der Waals surface area contributed by atoms with Crippen LogP contribution in [0.1, 0.15) is 25.0 Å². The molecule has 0 saturated heterocycles. The molecule has 2 heterocycles. The minimum atomic E-state index is -0.0454. The second kappa shape index (κ2) is 11.8. The van der Waals surface area contributed by atoms with Crippen molar-refractivity contribution < 1.29 is 4.42 Å². The largest absolute Gasteiger partial charge is 0.435 e. The number of rotatable bonds is 5. The normalized spacial score (nSPS) is 13.1. The number of benzene rings is 8. The first-order valence-electron chi connectivity index (χ1n) is 18.4. The van der Waals surface area contributed by atoms with Gasteiger partial charge in [0.1, 0.15) is 5.52 Å². The molecular formula is C50H34N2OS. The van der Waals surface area contributed by atoms with E-state index in [1.165, 1.54) is 42.4 Å². The summed E-state index contributed by atoms with van der Waals surface area (Å²) in [6, 6.07) is 61.4. The summed E-state index contributed by atoms with van der Waals surface area (Å²) in [7, 11) is 0. The average Bonchev–Trinajstić information content (AvgIpc) is 3.89. The predicted octanol–water partition coefficient (Wildman–Crippen LogP) is 14.5. The van der Waals surface area contributed by atoms with Gasteiger partial charge in [0.15, 0.2) is 5.58 Å². The molecule has 0 aliphatic heterocycles. The Morgan fingerprint density at radius 3 is 2.07 bits per heavy atom. The highest BCUT2D eigenvalue weighted by Crippen LogP contribution is 2.51. The van der Waals surface area contributed by atoms with Crippen LogP contribution in [0.2, 0.25) is 0 Å². The molecule has 8 aromatic carbocycles. The highest BCUT2D eigenvalue weighted by molar-refractivity contribution is 7.25. The van der Waals surface area contributed by atoms with Crippen molar-refractivity contribution in [3.8, 4) is 33.7 Å². The molecule has 3 nitrogen and oxygen atoms in total. The Hall–Kier alpha value is -6.49. The van der Waals surface area contributed by atoms with Gasteiger partial charge in [-0.3, -0.25) is 0 Å². The highest BCUT2D eigenvalue weighted by atomic mass is 32.1. The summed E-state index contributed by atoms with van der Waals surface area (Å²) in [5.74, 6) is 0.644. The maximum Gasteiger partial charge on any atom is 0.227 e. The molecule has 0 atom stereocenters. The second-order valence-electron chi connectivity index (χ2n) is 14.8. The molecule has 1 aliphatic rings. The van der Waals surface area contributed by atoms with Gasteiger partial charge in [-0.25, -0.2) is 4.98 Å². The second-order valence-corrected chi connectivity index (χ2v) is 15.9. The van der Waals surface area contributed by atoms with Gasteiger partial charge in [0.25, 0.3) is 0 Å². The molecule has 0 N–H and O–H groups in total. The zero-order chi connectivity index (χ0) is 36.0. The van der Waals surface area contributed by atoms with Crippen LogP contribution in [-0.2, 0) is 5.41 Å². The lowest BCUT2D eigenvalue weighted by molar-refractivity contribution is 0.623. The molecule has 1 aliphatic carbocycles. The smallest absolute Gasteiger partial charge is 0.227 e. The molecular weight excluding hydrogens is 677 g/mol. The predicted molar refractivity (Wildman–Crippen MR) is 228 cm³/mol. The van der Waals surface area contributed by atoms with Gasteiger partial charge in [-0.05, 0) is 112 Å². The van der Waals surface area contributed by atoms with Crippen molar-refractivity contribution in [1.29, 1.82) is 0 Å². The van der Waals surface area contributed by atoms with E-state index in [-0.39, 0.29) is 5.41 Å². The third-order valence-corrected chi connectivity index (χ3v) is 12.4. The van der Waals surface area contributed by atoms with Crippen LogP contribution in [0.5, 0.6) is 0 Å². The molecule has 0 fully saturated rings. The number of oxazole rings is 1. The van der Waals surface area contributed by atoms with Crippen LogP contribution < -0.4 is 4.90 Å². The van der Waals surface area contributed by atoms with E-state index in [1.807, 2.05) is 41.7 Å². The number of nitrogens with zero attached hydrogens (tertiary/aromatic N) is 2. The minimum Gasteiger partial charge on any atom is -0.435 e. The molecule has 0 saturated carbocycles. The Morgan fingerprint density at radius 2 is 1.19 bits per heavy atom. The fraction of sp³-hybridized carbons (Fsp3) is 0.0600. The van der Waals surface area contributed by atoms with Gasteiger partial charge in [0.05, 0.1) is 0 Å². The Bertz CT molecular complexity index is 3080. The first kappa shape index (κ1) is 31.1. The number of hydrogen-bond acceptors (Lipinski definition) is 4. The maximum absolute atomic E-state index is 6.33. The van der Waals surface area contributed by atoms with Crippen molar-refractivity contribution >= 4 is 70.4 Å². The first-order valence-corrected chi connectivity index (χ1v) is 19.3. The third kappa shape index (κ3) is 4.77. The van der Waals surface area contributed by atoms with Crippen LogP contribution in [0.25, 0.3) is 75.8 Å². The molecule has 0 bridgehead atoms. The van der Waals surface area contributed by atoms with E-state index >= 15 is 0 Å². The Kier molecular flexibility index (Phi) is 6.77. The lowest BCUT2D eigenvalue weighted by atomic mass is 9.82. The standard InChI is InChI=1S/C50H34N2OS/c1-50(2)43-14-8-6-12-39(43)42-29-36(23-26-44(42)50)52(37-22-25-41-40-13-7-9-15-46(40)54-47(41)30-37)35-20-16-31(17-21-35)33-18-24-38-34(28-33)19-27-45-48(38)53-49(51-45)32-10-4-3-5-11-32/h3-30H,1-2H3. The minimum absolute atomic E-state index is 0.0454. The number of anilines is 3. The first-order chi connectivity index (χ1) is 26.5. The molecule has 10 aromatic rings. The van der Waals surface area contributed by atoms with Crippen molar-refractivity contribution in [3.05, 3.63) is 181 Å². The van der Waals surface area contributed by atoms with E-state index in [0.717, 1.165) is 55.6 Å². The van der Waals surface area contributed by atoms with Crippen LogP contribution in [0.4, 0.5) is 17.1 Å². The number of hydrogen-bond donors (Lipinski definition) is 0. The summed E-state index contributed by atoms with van der Waals surface area (Å²) >= 11 is 1.86. The van der Waals surface area contributed by atoms with Gasteiger partial charge in [-0.1, -0.05) is 111 Å². The molecule has 0 amide bonds. The molecule has 0 unspecified atom stereocenters. The summed E-state index contributed by atoms with van der Waals surface area (Å²) in [5.41, 5.74) is 13.7. The molecule has 11 rings (SSSR count). The van der Waals surface area contributed by atoms with Gasteiger partial charge in [0.2, 0.25) is 5.89 Å². The van der Waals surface area contributed by atoms with Gasteiger partial charge in [0, 0.05) is 53.6 Å². The van der Waals surface area contributed by atoms with Crippen molar-refractivity contribution in [2.45, 2.75) is 19.3 Å². The number of fused-ring (bicyclic) bond motifs is 9. The molecule has 0 radical (unpaired) electrons. The van der Waals surface area contributed by atoms with Crippen LogP contribution in [0, 0.1) is 0 Å². The number of thiophene rings is 1. The van der Waals surface area contributed by atoms with Gasteiger partial charge >= 0.3 is 0 Å². The lowest BCUT2D eigenvalue weighted by Crippen LogP contribution is -2.15. The summed E-state index contributed by atoms with van der Waals surface area (Å²) in [5, 5.41) is 4.80. The van der Waals surface area contributed by atoms with E-state index in [4.69, 9.17) is 9.40 Å². The summed E-state index contributed by atoms with van der Waals surface area (Å²) < 4.78 is 8.93. The summed E-state index contributed by atoms with van der Waals surface area (Å²) in [4.78, 5) is 7.19. The highest BCUT2D eigenvalue weighted by Gasteiger charge is 2.35. The number of aromatic nitrogens is 1. The van der Waals surface area contributed by atoms with Crippen molar-refractivity contribution in [2.75, 3.05) is 4.90 Å². The fourth-order valence-corrected chi connectivity index (χ4v) is 9.69. The van der Waals surface area contributed by atoms with Crippen molar-refractivity contribution in [3.63, 3.8) is 0 Å².